The van der Waals surface area contributed by atoms with Crippen molar-refractivity contribution in [2.45, 2.75) is 12.5 Å². The van der Waals surface area contributed by atoms with Crippen molar-refractivity contribution in [3.05, 3.63) is 100 Å². The van der Waals surface area contributed by atoms with Gasteiger partial charge in [0.05, 0.1) is 18.9 Å². The second-order valence-electron chi connectivity index (χ2n) is 7.96. The molecule has 0 saturated carbocycles. The number of likely N-dealkylation sites (N-methyl/N-ethyl adjacent to an activating group) is 1. The minimum absolute atomic E-state index is 0.174. The molecule has 0 unspecified atom stereocenters. The van der Waals surface area contributed by atoms with Gasteiger partial charge in [0, 0.05) is 24.1 Å². The fourth-order valence-corrected chi connectivity index (χ4v) is 3.96. The molecular formula is C26H23ClFN3O3. The Morgan fingerprint density at radius 1 is 1.12 bits per heavy atom. The SMILES string of the molecule is COc1ccc(C2=NN(C(=O)CN(C)C(=O)c3cccc(F)c3)[C@@H](c3ccc(Cl)cc3)C2)cc1. The third kappa shape index (κ3) is 5.10. The first kappa shape index (κ1) is 23.4. The van der Waals surface area contributed by atoms with Crippen molar-refractivity contribution in [1.82, 2.24) is 9.91 Å². The largest absolute Gasteiger partial charge is 0.497 e. The second-order valence-corrected chi connectivity index (χ2v) is 8.39. The highest BCUT2D eigenvalue weighted by atomic mass is 35.5. The van der Waals surface area contributed by atoms with Gasteiger partial charge in [-0.3, -0.25) is 9.59 Å². The summed E-state index contributed by atoms with van der Waals surface area (Å²) in [4.78, 5) is 27.3. The maximum Gasteiger partial charge on any atom is 0.262 e. The van der Waals surface area contributed by atoms with Crippen molar-refractivity contribution in [1.29, 1.82) is 0 Å². The molecule has 1 atom stereocenters. The molecule has 0 N–H and O–H groups in total. The van der Waals surface area contributed by atoms with Crippen molar-refractivity contribution >= 4 is 29.1 Å². The van der Waals surface area contributed by atoms with E-state index in [-0.39, 0.29) is 24.1 Å². The van der Waals surface area contributed by atoms with Crippen LogP contribution in [0, 0.1) is 5.82 Å². The average molecular weight is 480 g/mol. The van der Waals surface area contributed by atoms with E-state index < -0.39 is 11.7 Å². The first-order valence-corrected chi connectivity index (χ1v) is 11.0. The summed E-state index contributed by atoms with van der Waals surface area (Å²) < 4.78 is 18.8. The number of benzene rings is 3. The molecule has 174 valence electrons. The molecule has 8 heteroatoms. The number of rotatable bonds is 6. The normalized spacial score (nSPS) is 15.1. The number of ether oxygens (including phenoxy) is 1. The number of methoxy groups -OCH3 is 1. The quantitative estimate of drug-likeness (QED) is 0.503. The highest BCUT2D eigenvalue weighted by molar-refractivity contribution is 6.30. The molecule has 0 aliphatic carbocycles. The van der Waals surface area contributed by atoms with Crippen LogP contribution < -0.4 is 4.74 Å². The first-order valence-electron chi connectivity index (χ1n) is 10.7. The van der Waals surface area contributed by atoms with Crippen LogP contribution in [0.25, 0.3) is 0 Å². The Morgan fingerprint density at radius 2 is 1.82 bits per heavy atom. The summed E-state index contributed by atoms with van der Waals surface area (Å²) in [5, 5.41) is 6.63. The maximum atomic E-state index is 13.5. The van der Waals surface area contributed by atoms with Gasteiger partial charge in [-0.15, -0.1) is 0 Å². The van der Waals surface area contributed by atoms with Crippen molar-refractivity contribution in [2.24, 2.45) is 5.10 Å². The lowest BCUT2D eigenvalue weighted by molar-refractivity contribution is -0.133. The second kappa shape index (κ2) is 10.1. The van der Waals surface area contributed by atoms with Gasteiger partial charge in [-0.05, 0) is 65.7 Å². The number of hydrogen-bond acceptors (Lipinski definition) is 4. The van der Waals surface area contributed by atoms with Crippen LogP contribution in [0.4, 0.5) is 4.39 Å². The number of hydrazone groups is 1. The number of hydrogen-bond donors (Lipinski definition) is 0. The van der Waals surface area contributed by atoms with Gasteiger partial charge < -0.3 is 9.64 Å². The summed E-state index contributed by atoms with van der Waals surface area (Å²) in [5.41, 5.74) is 2.67. The monoisotopic (exact) mass is 479 g/mol. The Hall–Kier alpha value is -3.71. The molecule has 4 rings (SSSR count). The van der Waals surface area contributed by atoms with Crippen LogP contribution >= 0.6 is 11.6 Å². The van der Waals surface area contributed by atoms with E-state index in [9.17, 15) is 14.0 Å². The van der Waals surface area contributed by atoms with Gasteiger partial charge in [0.1, 0.15) is 18.1 Å². The topological polar surface area (TPSA) is 62.2 Å². The fourth-order valence-electron chi connectivity index (χ4n) is 3.83. The number of amides is 2. The third-order valence-corrected chi connectivity index (χ3v) is 5.89. The van der Waals surface area contributed by atoms with Crippen LogP contribution in [0.3, 0.4) is 0 Å². The van der Waals surface area contributed by atoms with E-state index in [2.05, 4.69) is 5.10 Å². The Labute approximate surface area is 202 Å². The van der Waals surface area contributed by atoms with Gasteiger partial charge in [-0.1, -0.05) is 29.8 Å². The Morgan fingerprint density at radius 3 is 2.47 bits per heavy atom. The molecule has 0 spiro atoms. The van der Waals surface area contributed by atoms with E-state index in [0.717, 1.165) is 28.7 Å². The molecule has 1 aliphatic heterocycles. The van der Waals surface area contributed by atoms with Crippen LogP contribution in [0.1, 0.15) is 33.9 Å². The van der Waals surface area contributed by atoms with E-state index in [1.807, 2.05) is 36.4 Å². The van der Waals surface area contributed by atoms with Crippen LogP contribution in [0.2, 0.25) is 5.02 Å². The summed E-state index contributed by atoms with van der Waals surface area (Å²) in [6.45, 7) is -0.209. The molecule has 2 amide bonds. The Bertz CT molecular complexity index is 1230. The molecule has 34 heavy (non-hydrogen) atoms. The lowest BCUT2D eigenvalue weighted by Crippen LogP contribution is -2.39. The summed E-state index contributed by atoms with van der Waals surface area (Å²) in [7, 11) is 3.10. The van der Waals surface area contributed by atoms with Gasteiger partial charge in [0.15, 0.2) is 0 Å². The minimum Gasteiger partial charge on any atom is -0.497 e. The number of carbonyl (C=O) groups is 2. The van der Waals surface area contributed by atoms with E-state index in [4.69, 9.17) is 16.3 Å². The van der Waals surface area contributed by atoms with Gasteiger partial charge >= 0.3 is 0 Å². The lowest BCUT2D eigenvalue weighted by atomic mass is 9.98. The summed E-state index contributed by atoms with van der Waals surface area (Å²) >= 11 is 6.05. The summed E-state index contributed by atoms with van der Waals surface area (Å²) in [5.74, 6) is -0.589. The van der Waals surface area contributed by atoms with E-state index >= 15 is 0 Å². The van der Waals surface area contributed by atoms with Crippen LogP contribution in [-0.4, -0.2) is 48.1 Å². The first-order chi connectivity index (χ1) is 16.4. The van der Waals surface area contributed by atoms with E-state index in [1.54, 1.807) is 19.2 Å². The molecule has 0 bridgehead atoms. The third-order valence-electron chi connectivity index (χ3n) is 5.63. The predicted molar refractivity (Wildman–Crippen MR) is 129 cm³/mol. The van der Waals surface area contributed by atoms with Crippen molar-refractivity contribution in [3.8, 4) is 5.75 Å². The van der Waals surface area contributed by atoms with Crippen molar-refractivity contribution in [3.63, 3.8) is 0 Å². The Kier molecular flexibility index (Phi) is 6.93. The van der Waals surface area contributed by atoms with E-state index in [1.165, 1.54) is 35.2 Å². The highest BCUT2D eigenvalue weighted by Gasteiger charge is 2.34. The zero-order chi connectivity index (χ0) is 24.2. The molecular weight excluding hydrogens is 457 g/mol. The van der Waals surface area contributed by atoms with Crippen LogP contribution in [0.15, 0.2) is 77.9 Å². The van der Waals surface area contributed by atoms with Crippen molar-refractivity contribution < 1.29 is 18.7 Å². The summed E-state index contributed by atoms with van der Waals surface area (Å²) in [6.07, 6.45) is 0.501. The summed E-state index contributed by atoms with van der Waals surface area (Å²) in [6, 6.07) is 19.8. The van der Waals surface area contributed by atoms with Gasteiger partial charge in [-0.25, -0.2) is 9.40 Å². The molecule has 0 saturated heterocycles. The van der Waals surface area contributed by atoms with Crippen molar-refractivity contribution in [2.75, 3.05) is 20.7 Å². The molecule has 1 heterocycles. The zero-order valence-electron chi connectivity index (χ0n) is 18.7. The Balaban J connectivity index is 1.58. The smallest absolute Gasteiger partial charge is 0.262 e. The van der Waals surface area contributed by atoms with Crippen LogP contribution in [0.5, 0.6) is 5.75 Å². The number of halogens is 2. The van der Waals surface area contributed by atoms with Crippen LogP contribution in [-0.2, 0) is 4.79 Å². The van der Waals surface area contributed by atoms with Gasteiger partial charge in [0.25, 0.3) is 11.8 Å². The molecule has 0 fully saturated rings. The number of nitrogens with zero attached hydrogens (tertiary/aromatic N) is 3. The highest BCUT2D eigenvalue weighted by Crippen LogP contribution is 2.33. The molecule has 3 aromatic carbocycles. The van der Waals surface area contributed by atoms with Gasteiger partial charge in [0.2, 0.25) is 0 Å². The average Bonchev–Trinajstić information content (AvgIpc) is 3.29. The molecule has 0 radical (unpaired) electrons. The number of carbonyl (C=O) groups excluding carboxylic acids is 2. The standard InChI is InChI=1S/C26H23ClFN3O3/c1-30(26(33)19-4-3-5-21(28)14-19)16-25(32)31-24(18-6-10-20(27)11-7-18)15-23(29-31)17-8-12-22(34-2)13-9-17/h3-14,24H,15-16H2,1-2H3/t24-/m1/s1. The molecule has 6 nitrogen and oxygen atoms in total. The molecule has 0 aromatic heterocycles. The van der Waals surface area contributed by atoms with E-state index in [0.29, 0.717) is 11.4 Å². The zero-order valence-corrected chi connectivity index (χ0v) is 19.5. The van der Waals surface area contributed by atoms with Gasteiger partial charge in [-0.2, -0.15) is 5.10 Å². The molecule has 3 aromatic rings. The molecule has 1 aliphatic rings. The maximum absolute atomic E-state index is 13.5. The minimum atomic E-state index is -0.512. The lowest BCUT2D eigenvalue weighted by Gasteiger charge is -2.25. The predicted octanol–water partition coefficient (Wildman–Crippen LogP) is 4.94. The fraction of sp³-hybridized carbons (Fsp3) is 0.192.